The highest BCUT2D eigenvalue weighted by atomic mass is 32.1. The summed E-state index contributed by atoms with van der Waals surface area (Å²) in [6, 6.07) is 10.5. The molecule has 3 heterocycles. The molecular formula is C14H8S3. The molecule has 0 radical (unpaired) electrons. The van der Waals surface area contributed by atoms with E-state index in [4.69, 9.17) is 6.42 Å². The molecule has 3 aromatic rings. The maximum absolute atomic E-state index is 5.59. The zero-order chi connectivity index (χ0) is 11.7. The Morgan fingerprint density at radius 3 is 2.24 bits per heavy atom. The Balaban J connectivity index is 2.15. The van der Waals surface area contributed by atoms with Crippen LogP contribution < -0.4 is 0 Å². The molecule has 0 amide bonds. The van der Waals surface area contributed by atoms with Crippen molar-refractivity contribution in [3.8, 4) is 31.9 Å². The van der Waals surface area contributed by atoms with Crippen molar-refractivity contribution in [1.29, 1.82) is 0 Å². The van der Waals surface area contributed by atoms with E-state index in [2.05, 4.69) is 47.0 Å². The summed E-state index contributed by atoms with van der Waals surface area (Å²) in [6.45, 7) is 0. The van der Waals surface area contributed by atoms with E-state index in [9.17, 15) is 0 Å². The molecule has 0 atom stereocenters. The molecule has 0 spiro atoms. The van der Waals surface area contributed by atoms with E-state index in [1.807, 2.05) is 0 Å². The number of hydrogen-bond donors (Lipinski definition) is 0. The molecule has 0 saturated carbocycles. The van der Waals surface area contributed by atoms with Crippen molar-refractivity contribution in [2.45, 2.75) is 0 Å². The summed E-state index contributed by atoms with van der Waals surface area (Å²) < 4.78 is 0. The van der Waals surface area contributed by atoms with Crippen LogP contribution in [0.15, 0.2) is 41.1 Å². The first-order chi connectivity index (χ1) is 8.38. The predicted octanol–water partition coefficient (Wildman–Crippen LogP) is 5.19. The van der Waals surface area contributed by atoms with Gasteiger partial charge in [-0.15, -0.1) is 40.4 Å². The van der Waals surface area contributed by atoms with Crippen LogP contribution in [0.2, 0.25) is 0 Å². The Labute approximate surface area is 112 Å². The average Bonchev–Trinajstić information content (AvgIpc) is 3.09. The summed E-state index contributed by atoms with van der Waals surface area (Å²) in [7, 11) is 0. The molecule has 82 valence electrons. The third-order valence-corrected chi connectivity index (χ3v) is 5.65. The van der Waals surface area contributed by atoms with Gasteiger partial charge in [0.05, 0.1) is 4.88 Å². The molecule has 0 nitrogen and oxygen atoms in total. The van der Waals surface area contributed by atoms with Crippen molar-refractivity contribution in [3.05, 3.63) is 46.7 Å². The highest BCUT2D eigenvalue weighted by Crippen LogP contribution is 2.40. The Kier molecular flexibility index (Phi) is 2.86. The summed E-state index contributed by atoms with van der Waals surface area (Å²) in [5.41, 5.74) is 1.00. The first-order valence-electron chi connectivity index (χ1n) is 5.06. The molecule has 0 saturated heterocycles. The molecule has 17 heavy (non-hydrogen) atoms. The quantitative estimate of drug-likeness (QED) is 0.563. The van der Waals surface area contributed by atoms with E-state index in [1.165, 1.54) is 19.5 Å². The lowest BCUT2D eigenvalue weighted by molar-refractivity contribution is 1.82. The van der Waals surface area contributed by atoms with E-state index in [0.29, 0.717) is 0 Å². The minimum Gasteiger partial charge on any atom is -0.143 e. The normalized spacial score (nSPS) is 10.3. The molecule has 3 rings (SSSR count). The third kappa shape index (κ3) is 1.96. The van der Waals surface area contributed by atoms with E-state index in [1.54, 1.807) is 34.0 Å². The van der Waals surface area contributed by atoms with E-state index < -0.39 is 0 Å². The number of rotatable bonds is 2. The second-order valence-electron chi connectivity index (χ2n) is 3.45. The SMILES string of the molecule is C#Cc1cc(-c2cccs2)sc1-c1cccs1. The van der Waals surface area contributed by atoms with Gasteiger partial charge >= 0.3 is 0 Å². The van der Waals surface area contributed by atoms with E-state index >= 15 is 0 Å². The van der Waals surface area contributed by atoms with Gasteiger partial charge in [0, 0.05) is 20.2 Å². The summed E-state index contributed by atoms with van der Waals surface area (Å²) in [5, 5.41) is 4.18. The van der Waals surface area contributed by atoms with E-state index in [-0.39, 0.29) is 0 Å². The monoisotopic (exact) mass is 272 g/mol. The lowest BCUT2D eigenvalue weighted by Gasteiger charge is -1.91. The molecule has 3 aromatic heterocycles. The fraction of sp³-hybridized carbons (Fsp3) is 0. The Morgan fingerprint density at radius 1 is 0.941 bits per heavy atom. The second kappa shape index (κ2) is 4.50. The van der Waals surface area contributed by atoms with Gasteiger partial charge in [-0.1, -0.05) is 18.1 Å². The number of hydrogen-bond acceptors (Lipinski definition) is 3. The van der Waals surface area contributed by atoms with Gasteiger partial charge in [-0.25, -0.2) is 0 Å². The largest absolute Gasteiger partial charge is 0.143 e. The van der Waals surface area contributed by atoms with Crippen molar-refractivity contribution in [3.63, 3.8) is 0 Å². The maximum Gasteiger partial charge on any atom is 0.0605 e. The van der Waals surface area contributed by atoms with Gasteiger partial charge in [-0.3, -0.25) is 0 Å². The molecule has 0 aliphatic carbocycles. The smallest absolute Gasteiger partial charge is 0.0605 e. The average molecular weight is 272 g/mol. The fourth-order valence-electron chi connectivity index (χ4n) is 1.63. The van der Waals surface area contributed by atoms with Crippen molar-refractivity contribution >= 4 is 34.0 Å². The van der Waals surface area contributed by atoms with Gasteiger partial charge in [0.15, 0.2) is 0 Å². The van der Waals surface area contributed by atoms with Crippen LogP contribution in [-0.4, -0.2) is 0 Å². The topological polar surface area (TPSA) is 0 Å². The van der Waals surface area contributed by atoms with E-state index in [0.717, 1.165) is 5.56 Å². The zero-order valence-corrected chi connectivity index (χ0v) is 11.3. The molecular weight excluding hydrogens is 264 g/mol. The van der Waals surface area contributed by atoms with Crippen LogP contribution in [0.4, 0.5) is 0 Å². The minimum atomic E-state index is 1.00. The van der Waals surface area contributed by atoms with Crippen LogP contribution in [-0.2, 0) is 0 Å². The number of thiophene rings is 3. The maximum atomic E-state index is 5.59. The second-order valence-corrected chi connectivity index (χ2v) is 6.40. The molecule has 0 aromatic carbocycles. The van der Waals surface area contributed by atoms with Crippen LogP contribution in [0.1, 0.15) is 5.56 Å². The van der Waals surface area contributed by atoms with Crippen molar-refractivity contribution < 1.29 is 0 Å². The Morgan fingerprint density at radius 2 is 1.65 bits per heavy atom. The van der Waals surface area contributed by atoms with Crippen LogP contribution in [0.3, 0.4) is 0 Å². The summed E-state index contributed by atoms with van der Waals surface area (Å²) >= 11 is 5.26. The van der Waals surface area contributed by atoms with Crippen LogP contribution in [0, 0.1) is 12.3 Å². The van der Waals surface area contributed by atoms with Gasteiger partial charge in [0.25, 0.3) is 0 Å². The molecule has 0 fully saturated rings. The number of terminal acetylenes is 1. The standard InChI is InChI=1S/C14H8S3/c1-2-10-9-13(11-5-3-7-15-11)17-14(10)12-6-4-8-16-12/h1,3-9H. The van der Waals surface area contributed by atoms with Gasteiger partial charge in [0.1, 0.15) is 0 Å². The van der Waals surface area contributed by atoms with Gasteiger partial charge in [-0.05, 0) is 29.0 Å². The molecule has 0 aliphatic heterocycles. The summed E-state index contributed by atoms with van der Waals surface area (Å²) in [4.78, 5) is 5.02. The van der Waals surface area contributed by atoms with Crippen molar-refractivity contribution in [2.24, 2.45) is 0 Å². The van der Waals surface area contributed by atoms with Gasteiger partial charge in [0.2, 0.25) is 0 Å². The highest BCUT2D eigenvalue weighted by molar-refractivity contribution is 7.26. The Hall–Kier alpha value is -1.34. The first-order valence-corrected chi connectivity index (χ1v) is 7.64. The summed E-state index contributed by atoms with van der Waals surface area (Å²) in [6.07, 6.45) is 5.59. The van der Waals surface area contributed by atoms with Crippen molar-refractivity contribution in [2.75, 3.05) is 0 Å². The lowest BCUT2D eigenvalue weighted by Crippen LogP contribution is -1.69. The first kappa shape index (κ1) is 10.8. The molecule has 0 bridgehead atoms. The van der Waals surface area contributed by atoms with Gasteiger partial charge < -0.3 is 0 Å². The van der Waals surface area contributed by atoms with Crippen LogP contribution >= 0.6 is 34.0 Å². The third-order valence-electron chi connectivity index (χ3n) is 2.40. The lowest BCUT2D eigenvalue weighted by atomic mass is 10.2. The molecule has 0 unspecified atom stereocenters. The molecule has 3 heteroatoms. The van der Waals surface area contributed by atoms with Gasteiger partial charge in [-0.2, -0.15) is 0 Å². The summed E-state index contributed by atoms with van der Waals surface area (Å²) in [5.74, 6) is 2.79. The Bertz CT molecular complexity index is 649. The van der Waals surface area contributed by atoms with Crippen molar-refractivity contribution in [1.82, 2.24) is 0 Å². The fourth-order valence-corrected chi connectivity index (χ4v) is 4.44. The van der Waals surface area contributed by atoms with Crippen LogP contribution in [0.25, 0.3) is 19.5 Å². The molecule has 0 aliphatic rings. The van der Waals surface area contributed by atoms with Crippen LogP contribution in [0.5, 0.6) is 0 Å². The molecule has 0 N–H and O–H groups in total. The highest BCUT2D eigenvalue weighted by Gasteiger charge is 2.12. The zero-order valence-electron chi connectivity index (χ0n) is 8.84. The predicted molar refractivity (Wildman–Crippen MR) is 78.9 cm³/mol. The minimum absolute atomic E-state index is 1.00.